The van der Waals surface area contributed by atoms with Gasteiger partial charge in [0.1, 0.15) is 0 Å². The van der Waals surface area contributed by atoms with Gasteiger partial charge in [0.15, 0.2) is 11.5 Å². The zero-order valence-electron chi connectivity index (χ0n) is 17.7. The number of aliphatic carboxylic acids is 2. The molecular formula is C23H29NO7. The molecule has 1 heterocycles. The molecule has 1 aliphatic rings. The molecule has 3 rings (SSSR count). The van der Waals surface area contributed by atoms with Gasteiger partial charge in [-0.05, 0) is 29.7 Å². The van der Waals surface area contributed by atoms with Gasteiger partial charge < -0.3 is 24.4 Å². The smallest absolute Gasteiger partial charge is 0.414 e. The van der Waals surface area contributed by atoms with Gasteiger partial charge in [-0.3, -0.25) is 4.90 Å². The van der Waals surface area contributed by atoms with Gasteiger partial charge in [0.05, 0.1) is 26.9 Å². The minimum Gasteiger partial charge on any atom is -0.493 e. The topological polar surface area (TPSA) is 106 Å². The first-order chi connectivity index (χ1) is 15.0. The van der Waals surface area contributed by atoms with Gasteiger partial charge in [0, 0.05) is 26.1 Å². The van der Waals surface area contributed by atoms with Crippen molar-refractivity contribution < 1.29 is 34.0 Å². The molecule has 1 aliphatic heterocycles. The van der Waals surface area contributed by atoms with Crippen molar-refractivity contribution >= 4 is 11.9 Å². The van der Waals surface area contributed by atoms with Crippen LogP contribution in [0.5, 0.6) is 11.5 Å². The number of carboxylic acid groups (broad SMARTS) is 2. The van der Waals surface area contributed by atoms with E-state index in [1.54, 1.807) is 7.11 Å². The van der Waals surface area contributed by atoms with Crippen LogP contribution in [0.4, 0.5) is 0 Å². The van der Waals surface area contributed by atoms with Crippen molar-refractivity contribution in [3.8, 4) is 11.5 Å². The van der Waals surface area contributed by atoms with Crippen molar-refractivity contribution in [3.63, 3.8) is 0 Å². The number of rotatable bonds is 8. The fourth-order valence-corrected chi connectivity index (χ4v) is 3.02. The van der Waals surface area contributed by atoms with Crippen LogP contribution in [-0.4, -0.2) is 73.6 Å². The fourth-order valence-electron chi connectivity index (χ4n) is 3.02. The lowest BCUT2D eigenvalue weighted by atomic mass is 10.1. The Hall–Kier alpha value is -3.10. The number of carbonyl (C=O) groups is 2. The summed E-state index contributed by atoms with van der Waals surface area (Å²) in [6.07, 6.45) is 1.90. The Bertz CT molecular complexity index is 808. The minimum absolute atomic E-state index is 0.646. The summed E-state index contributed by atoms with van der Waals surface area (Å²) in [5, 5.41) is 14.8. The molecule has 2 N–H and O–H groups in total. The van der Waals surface area contributed by atoms with Gasteiger partial charge in [0.2, 0.25) is 0 Å². The van der Waals surface area contributed by atoms with Crippen LogP contribution in [-0.2, 0) is 27.2 Å². The number of methoxy groups -OCH3 is 1. The first-order valence-electron chi connectivity index (χ1n) is 10.1. The maximum Gasteiger partial charge on any atom is 0.414 e. The summed E-state index contributed by atoms with van der Waals surface area (Å²) >= 11 is 0. The molecule has 0 aliphatic carbocycles. The molecule has 2 aromatic carbocycles. The van der Waals surface area contributed by atoms with E-state index in [2.05, 4.69) is 41.3 Å². The van der Waals surface area contributed by atoms with E-state index in [1.807, 2.05) is 12.1 Å². The van der Waals surface area contributed by atoms with Crippen molar-refractivity contribution in [2.75, 3.05) is 46.6 Å². The number of hydrogen-bond donors (Lipinski definition) is 2. The van der Waals surface area contributed by atoms with Crippen LogP contribution in [0.25, 0.3) is 0 Å². The summed E-state index contributed by atoms with van der Waals surface area (Å²) < 4.78 is 16.9. The van der Waals surface area contributed by atoms with Crippen molar-refractivity contribution in [2.45, 2.75) is 12.8 Å². The van der Waals surface area contributed by atoms with Crippen LogP contribution in [0.15, 0.2) is 48.5 Å². The molecule has 168 valence electrons. The zero-order chi connectivity index (χ0) is 22.5. The lowest BCUT2D eigenvalue weighted by Gasteiger charge is -2.26. The molecule has 0 spiro atoms. The van der Waals surface area contributed by atoms with E-state index in [0.717, 1.165) is 57.2 Å². The van der Waals surface area contributed by atoms with Crippen LogP contribution in [0.1, 0.15) is 11.1 Å². The Morgan fingerprint density at radius 1 is 0.935 bits per heavy atom. The quantitative estimate of drug-likeness (QED) is 0.614. The summed E-state index contributed by atoms with van der Waals surface area (Å²) in [4.78, 5) is 20.6. The van der Waals surface area contributed by atoms with Crippen molar-refractivity contribution in [1.29, 1.82) is 0 Å². The first-order valence-corrected chi connectivity index (χ1v) is 10.1. The van der Waals surface area contributed by atoms with Crippen molar-refractivity contribution in [3.05, 3.63) is 59.7 Å². The third-order valence-electron chi connectivity index (χ3n) is 4.72. The van der Waals surface area contributed by atoms with E-state index in [1.165, 1.54) is 11.1 Å². The lowest BCUT2D eigenvalue weighted by molar-refractivity contribution is -0.159. The maximum atomic E-state index is 9.10. The van der Waals surface area contributed by atoms with Crippen molar-refractivity contribution in [2.24, 2.45) is 0 Å². The first kappa shape index (κ1) is 24.2. The summed E-state index contributed by atoms with van der Waals surface area (Å²) in [6.45, 7) is 5.44. The average Bonchev–Trinajstić information content (AvgIpc) is 2.79. The molecule has 1 saturated heterocycles. The van der Waals surface area contributed by atoms with Crippen LogP contribution in [0, 0.1) is 0 Å². The van der Waals surface area contributed by atoms with E-state index in [4.69, 9.17) is 34.0 Å². The van der Waals surface area contributed by atoms with E-state index in [9.17, 15) is 0 Å². The van der Waals surface area contributed by atoms with Crippen LogP contribution in [0.2, 0.25) is 0 Å². The predicted octanol–water partition coefficient (Wildman–Crippen LogP) is 2.35. The minimum atomic E-state index is -1.82. The monoisotopic (exact) mass is 431 g/mol. The highest BCUT2D eigenvalue weighted by Crippen LogP contribution is 2.28. The zero-order valence-corrected chi connectivity index (χ0v) is 17.7. The Labute approximate surface area is 182 Å². The third-order valence-corrected chi connectivity index (χ3v) is 4.72. The maximum absolute atomic E-state index is 9.10. The lowest BCUT2D eigenvalue weighted by Crippen LogP contribution is -2.37. The second-order valence-electron chi connectivity index (χ2n) is 6.88. The number of ether oxygens (including phenoxy) is 3. The summed E-state index contributed by atoms with van der Waals surface area (Å²) in [6, 6.07) is 16.6. The SMILES string of the molecule is COc1ccc(CCN2CCOCC2)cc1OCCc1ccccc1.O=C(O)C(=O)O. The van der Waals surface area contributed by atoms with Crippen LogP contribution in [0.3, 0.4) is 0 Å². The average molecular weight is 431 g/mol. The summed E-state index contributed by atoms with van der Waals surface area (Å²) in [7, 11) is 1.69. The molecule has 2 aromatic rings. The van der Waals surface area contributed by atoms with Crippen LogP contribution >= 0.6 is 0 Å². The largest absolute Gasteiger partial charge is 0.493 e. The molecule has 0 radical (unpaired) electrons. The molecule has 0 atom stereocenters. The molecule has 0 amide bonds. The van der Waals surface area contributed by atoms with E-state index >= 15 is 0 Å². The number of carboxylic acids is 2. The Kier molecular flexibility index (Phi) is 10.3. The molecule has 8 heteroatoms. The van der Waals surface area contributed by atoms with Crippen molar-refractivity contribution in [1.82, 2.24) is 4.90 Å². The molecule has 8 nitrogen and oxygen atoms in total. The Morgan fingerprint density at radius 2 is 1.61 bits per heavy atom. The van der Waals surface area contributed by atoms with Gasteiger partial charge in [-0.2, -0.15) is 0 Å². The third kappa shape index (κ3) is 9.06. The molecule has 0 unspecified atom stereocenters. The normalized spacial score (nSPS) is 13.6. The van der Waals surface area contributed by atoms with Gasteiger partial charge in [-0.15, -0.1) is 0 Å². The molecule has 0 saturated carbocycles. The van der Waals surface area contributed by atoms with Crippen LogP contribution < -0.4 is 9.47 Å². The fraction of sp³-hybridized carbons (Fsp3) is 0.391. The van der Waals surface area contributed by atoms with E-state index in [-0.39, 0.29) is 0 Å². The second-order valence-corrected chi connectivity index (χ2v) is 6.88. The molecular weight excluding hydrogens is 402 g/mol. The summed E-state index contributed by atoms with van der Waals surface area (Å²) in [5.74, 6) is -2.02. The highest BCUT2D eigenvalue weighted by molar-refractivity contribution is 6.27. The number of morpholine rings is 1. The Morgan fingerprint density at radius 3 is 2.23 bits per heavy atom. The molecule has 1 fully saturated rings. The summed E-state index contributed by atoms with van der Waals surface area (Å²) in [5.41, 5.74) is 2.56. The number of benzene rings is 2. The standard InChI is InChI=1S/C21H27NO3.C2H2O4/c1-23-20-8-7-19(9-11-22-12-15-24-16-13-22)17-21(20)25-14-10-18-5-3-2-4-6-18;3-1(4)2(5)6/h2-8,17H,9-16H2,1H3;(H,3,4)(H,5,6). The van der Waals surface area contributed by atoms with Gasteiger partial charge in [-0.25, -0.2) is 9.59 Å². The van der Waals surface area contributed by atoms with Gasteiger partial charge in [-0.1, -0.05) is 36.4 Å². The Balaban J connectivity index is 0.000000501. The highest BCUT2D eigenvalue weighted by atomic mass is 16.5. The molecule has 0 aromatic heterocycles. The predicted molar refractivity (Wildman–Crippen MR) is 115 cm³/mol. The molecule has 31 heavy (non-hydrogen) atoms. The van der Waals surface area contributed by atoms with Gasteiger partial charge >= 0.3 is 11.9 Å². The number of hydrogen-bond acceptors (Lipinski definition) is 6. The molecule has 0 bridgehead atoms. The van der Waals surface area contributed by atoms with Gasteiger partial charge in [0.25, 0.3) is 0 Å². The highest BCUT2D eigenvalue weighted by Gasteiger charge is 2.11. The number of nitrogens with zero attached hydrogens (tertiary/aromatic N) is 1. The van der Waals surface area contributed by atoms with E-state index in [0.29, 0.717) is 6.61 Å². The van der Waals surface area contributed by atoms with E-state index < -0.39 is 11.9 Å². The second kappa shape index (κ2) is 13.3.